The van der Waals surface area contributed by atoms with Gasteiger partial charge in [0.1, 0.15) is 18.2 Å². The highest BCUT2D eigenvalue weighted by Gasteiger charge is 2.22. The van der Waals surface area contributed by atoms with Crippen LogP contribution in [0.15, 0.2) is 42.3 Å². The van der Waals surface area contributed by atoms with E-state index in [4.69, 9.17) is 15.2 Å². The summed E-state index contributed by atoms with van der Waals surface area (Å²) in [5.74, 6) is 0.114. The Morgan fingerprint density at radius 1 is 1.32 bits per heavy atom. The van der Waals surface area contributed by atoms with E-state index in [1.165, 1.54) is 0 Å². The number of esters is 1. The number of carbonyl (C=O) groups excluding carboxylic acids is 1. The lowest BCUT2D eigenvalue weighted by molar-refractivity contribution is -0.147. The van der Waals surface area contributed by atoms with Crippen LogP contribution in [0, 0.1) is 0 Å². The average Bonchev–Trinajstić information content (AvgIpc) is 2.48. The van der Waals surface area contributed by atoms with Crippen molar-refractivity contribution in [3.63, 3.8) is 0 Å². The smallest absolute Gasteiger partial charge is 0.330 e. The zero-order valence-electron chi connectivity index (χ0n) is 13.8. The van der Waals surface area contributed by atoms with E-state index in [1.54, 1.807) is 6.08 Å². The molecule has 5 nitrogen and oxygen atoms in total. The summed E-state index contributed by atoms with van der Waals surface area (Å²) in [4.78, 5) is 12.1. The first-order chi connectivity index (χ1) is 10.4. The summed E-state index contributed by atoms with van der Waals surface area (Å²) in [5, 5.41) is 2.99. The van der Waals surface area contributed by atoms with E-state index in [1.807, 2.05) is 58.0 Å². The van der Waals surface area contributed by atoms with Crippen LogP contribution in [0.2, 0.25) is 0 Å². The summed E-state index contributed by atoms with van der Waals surface area (Å²) >= 11 is 0. The first-order valence-corrected chi connectivity index (χ1v) is 7.38. The minimum atomic E-state index is -0.641. The van der Waals surface area contributed by atoms with Crippen molar-refractivity contribution in [1.82, 2.24) is 5.32 Å². The Bertz CT molecular complexity index is 492. The number of ether oxygens (including phenoxy) is 2. The predicted molar refractivity (Wildman–Crippen MR) is 86.8 cm³/mol. The zero-order valence-corrected chi connectivity index (χ0v) is 13.8. The third-order valence-electron chi connectivity index (χ3n) is 2.74. The lowest BCUT2D eigenvalue weighted by atomic mass is 10.2. The Labute approximate surface area is 132 Å². The quantitative estimate of drug-likeness (QED) is 0.597. The minimum absolute atomic E-state index is 0.123. The van der Waals surface area contributed by atoms with E-state index in [9.17, 15) is 4.79 Å². The highest BCUT2D eigenvalue weighted by atomic mass is 16.5. The van der Waals surface area contributed by atoms with Gasteiger partial charge in [0.25, 0.3) is 0 Å². The van der Waals surface area contributed by atoms with E-state index in [2.05, 4.69) is 5.32 Å². The Kier molecular flexibility index (Phi) is 6.92. The van der Waals surface area contributed by atoms with E-state index in [0.29, 0.717) is 5.88 Å². The highest BCUT2D eigenvalue weighted by Crippen LogP contribution is 2.12. The van der Waals surface area contributed by atoms with Crippen LogP contribution in [-0.4, -0.2) is 24.2 Å². The number of rotatable bonds is 7. The second kappa shape index (κ2) is 8.44. The third-order valence-corrected chi connectivity index (χ3v) is 2.74. The maximum atomic E-state index is 12.1. The van der Waals surface area contributed by atoms with Crippen molar-refractivity contribution in [2.75, 3.05) is 6.54 Å². The fourth-order valence-electron chi connectivity index (χ4n) is 1.72. The Morgan fingerprint density at radius 3 is 2.45 bits per heavy atom. The molecular weight excluding hydrogens is 280 g/mol. The molecule has 0 aliphatic rings. The SMILES string of the molecule is C/C=C(\N[C@@H](CN)C(=O)OCc1ccccc1)OC(C)(C)C. The maximum absolute atomic E-state index is 12.1. The van der Waals surface area contributed by atoms with E-state index >= 15 is 0 Å². The van der Waals surface area contributed by atoms with Crippen molar-refractivity contribution in [2.45, 2.75) is 45.9 Å². The number of benzene rings is 1. The predicted octanol–water partition coefficient (Wildman–Crippen LogP) is 2.32. The number of allylic oxidation sites excluding steroid dienone is 1. The Hall–Kier alpha value is -2.01. The van der Waals surface area contributed by atoms with Crippen molar-refractivity contribution in [1.29, 1.82) is 0 Å². The van der Waals surface area contributed by atoms with Gasteiger partial charge in [0.15, 0.2) is 5.88 Å². The maximum Gasteiger partial charge on any atom is 0.330 e. The lowest BCUT2D eigenvalue weighted by Crippen LogP contribution is -2.44. The largest absolute Gasteiger partial charge is 0.474 e. The van der Waals surface area contributed by atoms with Crippen LogP contribution >= 0.6 is 0 Å². The molecule has 0 unspecified atom stereocenters. The molecule has 1 rings (SSSR count). The summed E-state index contributed by atoms with van der Waals surface area (Å²) in [6.45, 7) is 7.98. The molecule has 0 heterocycles. The van der Waals surface area contributed by atoms with Crippen LogP contribution in [0.3, 0.4) is 0 Å². The molecule has 22 heavy (non-hydrogen) atoms. The standard InChI is InChI=1S/C17H26N2O3/c1-5-15(22-17(2,3)4)19-14(11-18)16(20)21-12-13-9-7-6-8-10-13/h5-10,14,19H,11-12,18H2,1-4H3/b15-5+/t14-/m0/s1. The lowest BCUT2D eigenvalue weighted by Gasteiger charge is -2.26. The average molecular weight is 306 g/mol. The van der Waals surface area contributed by atoms with Gasteiger partial charge >= 0.3 is 5.97 Å². The van der Waals surface area contributed by atoms with Crippen molar-refractivity contribution in [3.05, 3.63) is 47.9 Å². The first-order valence-electron chi connectivity index (χ1n) is 7.38. The highest BCUT2D eigenvalue weighted by molar-refractivity contribution is 5.76. The number of nitrogens with two attached hydrogens (primary N) is 1. The molecular formula is C17H26N2O3. The molecule has 5 heteroatoms. The number of carbonyl (C=O) groups is 1. The van der Waals surface area contributed by atoms with Gasteiger partial charge in [-0.05, 0) is 39.3 Å². The second-order valence-electron chi connectivity index (χ2n) is 5.89. The van der Waals surface area contributed by atoms with E-state index in [-0.39, 0.29) is 18.8 Å². The summed E-state index contributed by atoms with van der Waals surface area (Å²) in [6.07, 6.45) is 1.76. The van der Waals surface area contributed by atoms with Gasteiger partial charge in [-0.1, -0.05) is 30.3 Å². The van der Waals surface area contributed by atoms with Gasteiger partial charge in [0, 0.05) is 6.54 Å². The van der Waals surface area contributed by atoms with Crippen LogP contribution in [0.25, 0.3) is 0 Å². The zero-order chi connectivity index (χ0) is 16.6. The molecule has 0 radical (unpaired) electrons. The van der Waals surface area contributed by atoms with Gasteiger partial charge in [-0.2, -0.15) is 0 Å². The van der Waals surface area contributed by atoms with Gasteiger partial charge in [-0.3, -0.25) is 0 Å². The molecule has 0 bridgehead atoms. The molecule has 0 saturated heterocycles. The summed E-state index contributed by atoms with van der Waals surface area (Å²) < 4.78 is 11.0. The number of hydrogen-bond donors (Lipinski definition) is 2. The molecule has 0 spiro atoms. The van der Waals surface area contributed by atoms with Crippen molar-refractivity contribution in [3.8, 4) is 0 Å². The number of hydrogen-bond acceptors (Lipinski definition) is 5. The van der Waals surface area contributed by atoms with Gasteiger partial charge in [-0.15, -0.1) is 0 Å². The van der Waals surface area contributed by atoms with Crippen molar-refractivity contribution in [2.24, 2.45) is 5.73 Å². The topological polar surface area (TPSA) is 73.6 Å². The molecule has 122 valence electrons. The Morgan fingerprint density at radius 2 is 1.95 bits per heavy atom. The van der Waals surface area contributed by atoms with Crippen molar-refractivity contribution >= 4 is 5.97 Å². The molecule has 0 fully saturated rings. The second-order valence-corrected chi connectivity index (χ2v) is 5.89. The fraction of sp³-hybridized carbons (Fsp3) is 0.471. The van der Waals surface area contributed by atoms with Gasteiger partial charge in [0.2, 0.25) is 0 Å². The van der Waals surface area contributed by atoms with Crippen LogP contribution in [0.4, 0.5) is 0 Å². The summed E-state index contributed by atoms with van der Waals surface area (Å²) in [7, 11) is 0. The molecule has 1 aromatic carbocycles. The first kappa shape index (κ1) is 18.0. The third kappa shape index (κ3) is 6.63. The Balaban J connectivity index is 2.57. The molecule has 0 aliphatic carbocycles. The molecule has 0 aromatic heterocycles. The van der Waals surface area contributed by atoms with Crippen LogP contribution in [0.1, 0.15) is 33.3 Å². The van der Waals surface area contributed by atoms with Gasteiger partial charge < -0.3 is 20.5 Å². The molecule has 0 saturated carbocycles. The summed E-state index contributed by atoms with van der Waals surface area (Å²) in [5.41, 5.74) is 6.24. The fourth-order valence-corrected chi connectivity index (χ4v) is 1.72. The molecule has 1 aromatic rings. The van der Waals surface area contributed by atoms with E-state index in [0.717, 1.165) is 5.56 Å². The number of nitrogens with one attached hydrogen (secondary N) is 1. The van der Waals surface area contributed by atoms with Crippen molar-refractivity contribution < 1.29 is 14.3 Å². The monoisotopic (exact) mass is 306 g/mol. The van der Waals surface area contributed by atoms with E-state index < -0.39 is 12.0 Å². The summed E-state index contributed by atoms with van der Waals surface area (Å²) in [6, 6.07) is 8.87. The van der Waals surface area contributed by atoms with Crippen LogP contribution in [-0.2, 0) is 20.9 Å². The molecule has 1 atom stereocenters. The van der Waals surface area contributed by atoms with Gasteiger partial charge in [-0.25, -0.2) is 4.79 Å². The van der Waals surface area contributed by atoms with Crippen LogP contribution < -0.4 is 11.1 Å². The normalized spacial score (nSPS) is 13.4. The van der Waals surface area contributed by atoms with Gasteiger partial charge in [0.05, 0.1) is 0 Å². The minimum Gasteiger partial charge on any atom is -0.474 e. The molecule has 0 aliphatic heterocycles. The molecule has 0 amide bonds. The molecule has 3 N–H and O–H groups in total. The van der Waals surface area contributed by atoms with Crippen LogP contribution in [0.5, 0.6) is 0 Å².